The number of carbonyl (C=O) groups excluding carboxylic acids is 1. The molecule has 124 valence electrons. The lowest BCUT2D eigenvalue weighted by Crippen LogP contribution is -2.30. The molecule has 0 aromatic carbocycles. The van der Waals surface area contributed by atoms with Gasteiger partial charge in [0.25, 0.3) is 5.91 Å². The monoisotopic (exact) mass is 317 g/mol. The lowest BCUT2D eigenvalue weighted by atomic mass is 10.1. The Bertz CT molecular complexity index is 728. The molecule has 2 rings (SSSR count). The normalized spacial score (nSPS) is 10.8. The van der Waals surface area contributed by atoms with E-state index in [9.17, 15) is 9.59 Å². The molecule has 0 aliphatic carbocycles. The van der Waals surface area contributed by atoms with E-state index in [1.807, 2.05) is 13.8 Å². The van der Waals surface area contributed by atoms with Gasteiger partial charge in [0.05, 0.1) is 11.3 Å². The minimum absolute atomic E-state index is 0.121. The maximum atomic E-state index is 12.6. The summed E-state index contributed by atoms with van der Waals surface area (Å²) in [7, 11) is 1.77. The van der Waals surface area contributed by atoms with Gasteiger partial charge in [0, 0.05) is 25.4 Å². The number of hydrogen-bond acceptors (Lipinski definition) is 4. The SMILES string of the molecule is Cc1cc(=O)oc(C)c1C(=O)N(C)CCCc1c(C)n[nH]c1C. The molecule has 0 fully saturated rings. The van der Waals surface area contributed by atoms with Crippen molar-refractivity contribution in [1.29, 1.82) is 0 Å². The van der Waals surface area contributed by atoms with E-state index in [1.165, 1.54) is 11.6 Å². The first-order valence-electron chi connectivity index (χ1n) is 7.68. The van der Waals surface area contributed by atoms with Crippen LogP contribution in [0, 0.1) is 27.7 Å². The number of aromatic amines is 1. The maximum absolute atomic E-state index is 12.6. The van der Waals surface area contributed by atoms with Crippen LogP contribution in [-0.4, -0.2) is 34.6 Å². The number of aromatic nitrogens is 2. The lowest BCUT2D eigenvalue weighted by Gasteiger charge is -2.19. The molecule has 0 saturated carbocycles. The summed E-state index contributed by atoms with van der Waals surface area (Å²) in [6, 6.07) is 1.35. The van der Waals surface area contributed by atoms with E-state index in [1.54, 1.807) is 25.8 Å². The van der Waals surface area contributed by atoms with Gasteiger partial charge in [-0.1, -0.05) is 0 Å². The topological polar surface area (TPSA) is 79.2 Å². The molecule has 0 spiro atoms. The van der Waals surface area contributed by atoms with Crippen LogP contribution in [0.1, 0.15) is 45.1 Å². The number of amides is 1. The summed E-state index contributed by atoms with van der Waals surface area (Å²) in [4.78, 5) is 25.6. The fraction of sp³-hybridized carbons (Fsp3) is 0.471. The van der Waals surface area contributed by atoms with Gasteiger partial charge in [-0.15, -0.1) is 0 Å². The van der Waals surface area contributed by atoms with Gasteiger partial charge in [0.1, 0.15) is 5.76 Å². The summed E-state index contributed by atoms with van der Waals surface area (Å²) in [5.74, 6) is 0.248. The Hall–Kier alpha value is -2.37. The van der Waals surface area contributed by atoms with Crippen LogP contribution >= 0.6 is 0 Å². The van der Waals surface area contributed by atoms with Gasteiger partial charge in [-0.3, -0.25) is 9.89 Å². The molecule has 2 aromatic heterocycles. The van der Waals surface area contributed by atoms with Gasteiger partial charge in [-0.05, 0) is 51.7 Å². The summed E-state index contributed by atoms with van der Waals surface area (Å²) in [6.45, 7) is 8.01. The zero-order chi connectivity index (χ0) is 17.1. The van der Waals surface area contributed by atoms with Crippen LogP contribution in [0.15, 0.2) is 15.3 Å². The van der Waals surface area contributed by atoms with E-state index < -0.39 is 5.63 Å². The van der Waals surface area contributed by atoms with Crippen LogP contribution < -0.4 is 5.63 Å². The fourth-order valence-corrected chi connectivity index (χ4v) is 2.81. The van der Waals surface area contributed by atoms with Crippen molar-refractivity contribution in [3.63, 3.8) is 0 Å². The van der Waals surface area contributed by atoms with Crippen molar-refractivity contribution in [3.8, 4) is 0 Å². The maximum Gasteiger partial charge on any atom is 0.336 e. The molecule has 6 nitrogen and oxygen atoms in total. The highest BCUT2D eigenvalue weighted by Crippen LogP contribution is 2.15. The van der Waals surface area contributed by atoms with Crippen molar-refractivity contribution < 1.29 is 9.21 Å². The van der Waals surface area contributed by atoms with Crippen LogP contribution in [0.4, 0.5) is 0 Å². The lowest BCUT2D eigenvalue weighted by molar-refractivity contribution is 0.0788. The van der Waals surface area contributed by atoms with Gasteiger partial charge >= 0.3 is 5.63 Å². The molecule has 0 atom stereocenters. The van der Waals surface area contributed by atoms with Crippen LogP contribution in [0.3, 0.4) is 0 Å². The first kappa shape index (κ1) is 17.0. The van der Waals surface area contributed by atoms with Gasteiger partial charge in [0.2, 0.25) is 0 Å². The fourth-order valence-electron chi connectivity index (χ4n) is 2.81. The Labute approximate surface area is 135 Å². The highest BCUT2D eigenvalue weighted by atomic mass is 16.4. The summed E-state index contributed by atoms with van der Waals surface area (Å²) < 4.78 is 5.04. The molecule has 0 bridgehead atoms. The van der Waals surface area contributed by atoms with Crippen molar-refractivity contribution in [2.24, 2.45) is 0 Å². The predicted molar refractivity (Wildman–Crippen MR) is 87.8 cm³/mol. The molecular formula is C17H23N3O3. The van der Waals surface area contributed by atoms with E-state index in [0.29, 0.717) is 23.4 Å². The molecule has 0 aliphatic heterocycles. The van der Waals surface area contributed by atoms with Crippen molar-refractivity contribution in [2.45, 2.75) is 40.5 Å². The quantitative estimate of drug-likeness (QED) is 0.917. The number of rotatable bonds is 5. The van der Waals surface area contributed by atoms with Crippen LogP contribution in [0.2, 0.25) is 0 Å². The second kappa shape index (κ2) is 6.81. The number of carbonyl (C=O) groups is 1. The second-order valence-corrected chi connectivity index (χ2v) is 5.92. The second-order valence-electron chi connectivity index (χ2n) is 5.92. The number of nitrogens with zero attached hydrogens (tertiary/aromatic N) is 2. The minimum atomic E-state index is -0.426. The molecule has 0 unspecified atom stereocenters. The van der Waals surface area contributed by atoms with E-state index in [0.717, 1.165) is 24.2 Å². The Morgan fingerprint density at radius 1 is 1.30 bits per heavy atom. The van der Waals surface area contributed by atoms with Crippen molar-refractivity contribution >= 4 is 5.91 Å². The smallest absolute Gasteiger partial charge is 0.336 e. The van der Waals surface area contributed by atoms with Gasteiger partial charge in [-0.2, -0.15) is 5.10 Å². The molecule has 0 saturated heterocycles. The Kier molecular flexibility index (Phi) is 5.03. The first-order valence-corrected chi connectivity index (χ1v) is 7.68. The average molecular weight is 317 g/mol. The summed E-state index contributed by atoms with van der Waals surface area (Å²) in [5, 5.41) is 7.15. The Morgan fingerprint density at radius 2 is 2.00 bits per heavy atom. The van der Waals surface area contributed by atoms with Crippen LogP contribution in [-0.2, 0) is 6.42 Å². The van der Waals surface area contributed by atoms with Crippen molar-refractivity contribution in [2.75, 3.05) is 13.6 Å². The number of aryl methyl sites for hydroxylation is 4. The van der Waals surface area contributed by atoms with Crippen LogP contribution in [0.25, 0.3) is 0 Å². The molecule has 0 aliphatic rings. The molecule has 23 heavy (non-hydrogen) atoms. The number of H-pyrrole nitrogens is 1. The minimum Gasteiger partial charge on any atom is -0.427 e. The molecular weight excluding hydrogens is 294 g/mol. The largest absolute Gasteiger partial charge is 0.427 e. The number of hydrogen-bond donors (Lipinski definition) is 1. The Morgan fingerprint density at radius 3 is 2.57 bits per heavy atom. The molecule has 1 N–H and O–H groups in total. The molecule has 2 heterocycles. The van der Waals surface area contributed by atoms with E-state index in [2.05, 4.69) is 10.2 Å². The third kappa shape index (κ3) is 3.70. The van der Waals surface area contributed by atoms with Gasteiger partial charge < -0.3 is 9.32 Å². The summed E-state index contributed by atoms with van der Waals surface area (Å²) in [6.07, 6.45) is 1.71. The highest BCUT2D eigenvalue weighted by Gasteiger charge is 2.19. The zero-order valence-corrected chi connectivity index (χ0v) is 14.3. The third-order valence-electron chi connectivity index (χ3n) is 4.10. The molecule has 0 radical (unpaired) electrons. The third-order valence-corrected chi connectivity index (χ3v) is 4.10. The summed E-state index contributed by atoms with van der Waals surface area (Å²) in [5.41, 5.74) is 4.00. The molecule has 6 heteroatoms. The van der Waals surface area contributed by atoms with E-state index in [4.69, 9.17) is 4.42 Å². The van der Waals surface area contributed by atoms with Gasteiger partial charge in [-0.25, -0.2) is 4.79 Å². The zero-order valence-electron chi connectivity index (χ0n) is 14.3. The van der Waals surface area contributed by atoms with Crippen molar-refractivity contribution in [3.05, 3.63) is 50.3 Å². The Balaban J connectivity index is 2.02. The number of nitrogens with one attached hydrogen (secondary N) is 1. The van der Waals surface area contributed by atoms with Crippen LogP contribution in [0.5, 0.6) is 0 Å². The highest BCUT2D eigenvalue weighted by molar-refractivity contribution is 5.96. The predicted octanol–water partition coefficient (Wildman–Crippen LogP) is 2.30. The van der Waals surface area contributed by atoms with Crippen molar-refractivity contribution in [1.82, 2.24) is 15.1 Å². The first-order chi connectivity index (χ1) is 10.8. The van der Waals surface area contributed by atoms with Gasteiger partial charge in [0.15, 0.2) is 0 Å². The average Bonchev–Trinajstić information content (AvgIpc) is 2.77. The van der Waals surface area contributed by atoms with E-state index >= 15 is 0 Å². The molecule has 2 aromatic rings. The standard InChI is InChI=1S/C17H23N3O3/c1-10-9-15(21)23-13(4)16(10)17(22)20(5)8-6-7-14-11(2)18-19-12(14)3/h9H,6-8H2,1-5H3,(H,18,19). The van der Waals surface area contributed by atoms with E-state index in [-0.39, 0.29) is 5.91 Å². The molecule has 1 amide bonds. The summed E-state index contributed by atoms with van der Waals surface area (Å²) >= 11 is 0.